The molecule has 0 spiro atoms. The van der Waals surface area contributed by atoms with Crippen LogP contribution in [0.2, 0.25) is 0 Å². The third kappa shape index (κ3) is 10.1. The van der Waals surface area contributed by atoms with Crippen LogP contribution in [0.15, 0.2) is 4.99 Å². The molecule has 1 rings (SSSR count). The SMILES string of the molecule is CCOC(=O)CCCCCCNC(=NC)NC1CN(C(=O)OC(C)(C)C)C1. The summed E-state index contributed by atoms with van der Waals surface area (Å²) < 4.78 is 10.3. The second-order valence-corrected chi connectivity index (χ2v) is 7.69. The minimum absolute atomic E-state index is 0.110. The summed E-state index contributed by atoms with van der Waals surface area (Å²) in [6.45, 7) is 9.91. The quantitative estimate of drug-likeness (QED) is 0.274. The molecule has 0 unspecified atom stereocenters. The fourth-order valence-electron chi connectivity index (χ4n) is 2.62. The molecule has 0 saturated carbocycles. The first-order chi connectivity index (χ1) is 12.7. The number of guanidine groups is 1. The van der Waals surface area contributed by atoms with E-state index in [1.54, 1.807) is 11.9 Å². The summed E-state index contributed by atoms with van der Waals surface area (Å²) in [6.07, 6.45) is 4.18. The van der Waals surface area contributed by atoms with Gasteiger partial charge in [-0.25, -0.2) is 4.79 Å². The Morgan fingerprint density at radius 3 is 2.41 bits per heavy atom. The lowest BCUT2D eigenvalue weighted by atomic mass is 10.1. The van der Waals surface area contributed by atoms with Crippen molar-refractivity contribution >= 4 is 18.0 Å². The first-order valence-electron chi connectivity index (χ1n) is 9.86. The molecule has 1 aliphatic heterocycles. The normalized spacial score (nSPS) is 15.1. The molecule has 27 heavy (non-hydrogen) atoms. The number of hydrogen-bond donors (Lipinski definition) is 2. The molecule has 1 saturated heterocycles. The molecule has 8 nitrogen and oxygen atoms in total. The van der Waals surface area contributed by atoms with E-state index in [-0.39, 0.29) is 18.1 Å². The molecule has 1 amide bonds. The van der Waals surface area contributed by atoms with Crippen LogP contribution < -0.4 is 10.6 Å². The maximum atomic E-state index is 11.9. The monoisotopic (exact) mass is 384 g/mol. The van der Waals surface area contributed by atoms with E-state index in [1.165, 1.54) is 0 Å². The molecule has 0 bridgehead atoms. The molecule has 156 valence electrons. The zero-order valence-corrected chi connectivity index (χ0v) is 17.5. The third-order valence-electron chi connectivity index (χ3n) is 4.00. The van der Waals surface area contributed by atoms with Crippen molar-refractivity contribution in [3.63, 3.8) is 0 Å². The van der Waals surface area contributed by atoms with Crippen LogP contribution in [0.3, 0.4) is 0 Å². The minimum atomic E-state index is -0.469. The summed E-state index contributed by atoms with van der Waals surface area (Å²) in [4.78, 5) is 29.1. The number of nitrogens with zero attached hydrogens (tertiary/aromatic N) is 2. The van der Waals surface area contributed by atoms with E-state index < -0.39 is 5.60 Å². The predicted octanol–water partition coefficient (Wildman–Crippen LogP) is 2.28. The van der Waals surface area contributed by atoms with Crippen LogP contribution in [0.5, 0.6) is 0 Å². The van der Waals surface area contributed by atoms with E-state index in [1.807, 2.05) is 27.7 Å². The van der Waals surface area contributed by atoms with Crippen molar-refractivity contribution in [3.05, 3.63) is 0 Å². The smallest absolute Gasteiger partial charge is 0.410 e. The van der Waals surface area contributed by atoms with Gasteiger partial charge in [-0.15, -0.1) is 0 Å². The van der Waals surface area contributed by atoms with Gasteiger partial charge in [-0.2, -0.15) is 0 Å². The van der Waals surface area contributed by atoms with E-state index >= 15 is 0 Å². The van der Waals surface area contributed by atoms with Gasteiger partial charge in [0.05, 0.1) is 12.6 Å². The molecule has 0 aromatic rings. The van der Waals surface area contributed by atoms with Gasteiger partial charge in [-0.05, 0) is 40.5 Å². The van der Waals surface area contributed by atoms with Crippen LogP contribution in [-0.4, -0.2) is 67.9 Å². The number of rotatable bonds is 9. The molecule has 0 radical (unpaired) electrons. The second-order valence-electron chi connectivity index (χ2n) is 7.69. The van der Waals surface area contributed by atoms with Crippen molar-refractivity contribution in [3.8, 4) is 0 Å². The largest absolute Gasteiger partial charge is 0.466 e. The zero-order chi connectivity index (χ0) is 20.3. The van der Waals surface area contributed by atoms with Gasteiger partial charge in [0.1, 0.15) is 5.60 Å². The number of aliphatic imine (C=N–C) groups is 1. The number of ether oxygens (including phenoxy) is 2. The average molecular weight is 385 g/mol. The number of nitrogens with one attached hydrogen (secondary N) is 2. The average Bonchev–Trinajstić information content (AvgIpc) is 2.53. The van der Waals surface area contributed by atoms with Gasteiger partial charge in [-0.3, -0.25) is 9.79 Å². The van der Waals surface area contributed by atoms with Crippen molar-refractivity contribution in [1.82, 2.24) is 15.5 Å². The molecule has 8 heteroatoms. The number of likely N-dealkylation sites (tertiary alicyclic amines) is 1. The molecular weight excluding hydrogens is 348 g/mol. The maximum absolute atomic E-state index is 11.9. The maximum Gasteiger partial charge on any atom is 0.410 e. The predicted molar refractivity (Wildman–Crippen MR) is 106 cm³/mol. The molecule has 0 aliphatic carbocycles. The minimum Gasteiger partial charge on any atom is -0.466 e. The molecule has 1 fully saturated rings. The van der Waals surface area contributed by atoms with Crippen molar-refractivity contribution in [2.45, 2.75) is 71.4 Å². The highest BCUT2D eigenvalue weighted by molar-refractivity contribution is 5.80. The first-order valence-corrected chi connectivity index (χ1v) is 9.86. The summed E-state index contributed by atoms with van der Waals surface area (Å²) in [7, 11) is 1.74. The highest BCUT2D eigenvalue weighted by Gasteiger charge is 2.34. The Morgan fingerprint density at radius 2 is 1.81 bits per heavy atom. The Bertz CT molecular complexity index is 496. The first kappa shape index (κ1) is 23.0. The summed E-state index contributed by atoms with van der Waals surface area (Å²) in [5.74, 6) is 0.636. The second kappa shape index (κ2) is 11.7. The van der Waals surface area contributed by atoms with E-state index in [0.29, 0.717) is 26.1 Å². The number of amides is 1. The Balaban J connectivity index is 2.08. The Morgan fingerprint density at radius 1 is 1.15 bits per heavy atom. The van der Waals surface area contributed by atoms with Crippen LogP contribution >= 0.6 is 0 Å². The topological polar surface area (TPSA) is 92.3 Å². The van der Waals surface area contributed by atoms with Gasteiger partial charge in [0, 0.05) is 33.1 Å². The molecule has 0 atom stereocenters. The van der Waals surface area contributed by atoms with E-state index in [0.717, 1.165) is 38.2 Å². The fourth-order valence-corrected chi connectivity index (χ4v) is 2.62. The highest BCUT2D eigenvalue weighted by Crippen LogP contribution is 2.15. The summed E-state index contributed by atoms with van der Waals surface area (Å²) >= 11 is 0. The van der Waals surface area contributed by atoms with Crippen molar-refractivity contribution in [1.29, 1.82) is 0 Å². The number of unbranched alkanes of at least 4 members (excludes halogenated alkanes) is 3. The van der Waals surface area contributed by atoms with Gasteiger partial charge in [0.2, 0.25) is 0 Å². The number of esters is 1. The molecule has 1 heterocycles. The molecule has 0 aromatic carbocycles. The van der Waals surface area contributed by atoms with Crippen molar-refractivity contribution in [2.75, 3.05) is 33.3 Å². The van der Waals surface area contributed by atoms with Gasteiger partial charge in [-0.1, -0.05) is 12.8 Å². The summed E-state index contributed by atoms with van der Waals surface area (Å²) in [6, 6.07) is 0.188. The number of carbonyl (C=O) groups is 2. The summed E-state index contributed by atoms with van der Waals surface area (Å²) in [5, 5.41) is 6.59. The number of hydrogen-bond acceptors (Lipinski definition) is 5. The summed E-state index contributed by atoms with van der Waals surface area (Å²) in [5.41, 5.74) is -0.469. The molecule has 2 N–H and O–H groups in total. The van der Waals surface area contributed by atoms with Crippen LogP contribution in [0.4, 0.5) is 4.79 Å². The van der Waals surface area contributed by atoms with Crippen LogP contribution in [0, 0.1) is 0 Å². The Kier molecular flexibility index (Phi) is 9.96. The van der Waals surface area contributed by atoms with Gasteiger partial charge < -0.3 is 25.0 Å². The standard InChI is InChI=1S/C19H36N4O4/c1-6-26-16(24)11-9-7-8-10-12-21-17(20-5)22-15-13-23(14-15)18(25)27-19(2,3)4/h15H,6-14H2,1-5H3,(H2,20,21,22). The lowest BCUT2D eigenvalue weighted by molar-refractivity contribution is -0.143. The fraction of sp³-hybridized carbons (Fsp3) is 0.842. The molecule has 1 aliphatic rings. The van der Waals surface area contributed by atoms with Crippen molar-refractivity contribution in [2.24, 2.45) is 4.99 Å². The van der Waals surface area contributed by atoms with Gasteiger partial charge >= 0.3 is 12.1 Å². The van der Waals surface area contributed by atoms with Gasteiger partial charge in [0.15, 0.2) is 5.96 Å². The van der Waals surface area contributed by atoms with Crippen LogP contribution in [0.1, 0.15) is 59.8 Å². The van der Waals surface area contributed by atoms with E-state index in [9.17, 15) is 9.59 Å². The van der Waals surface area contributed by atoms with Crippen LogP contribution in [-0.2, 0) is 14.3 Å². The Hall–Kier alpha value is -1.99. The van der Waals surface area contributed by atoms with E-state index in [4.69, 9.17) is 9.47 Å². The lowest BCUT2D eigenvalue weighted by Crippen LogP contribution is -2.63. The number of carbonyl (C=O) groups excluding carboxylic acids is 2. The van der Waals surface area contributed by atoms with Crippen molar-refractivity contribution < 1.29 is 19.1 Å². The van der Waals surface area contributed by atoms with E-state index in [2.05, 4.69) is 15.6 Å². The zero-order valence-electron chi connectivity index (χ0n) is 17.5. The highest BCUT2D eigenvalue weighted by atomic mass is 16.6. The Labute approximate surface area is 163 Å². The molecule has 0 aromatic heterocycles. The van der Waals surface area contributed by atoms with Crippen LogP contribution in [0.25, 0.3) is 0 Å². The third-order valence-corrected chi connectivity index (χ3v) is 4.00. The molecular formula is C19H36N4O4. The lowest BCUT2D eigenvalue weighted by Gasteiger charge is -2.40. The van der Waals surface area contributed by atoms with Gasteiger partial charge in [0.25, 0.3) is 0 Å².